The summed E-state index contributed by atoms with van der Waals surface area (Å²) in [7, 11) is 0. The molecule has 0 radical (unpaired) electrons. The van der Waals surface area contributed by atoms with Crippen molar-refractivity contribution in [3.63, 3.8) is 0 Å². The summed E-state index contributed by atoms with van der Waals surface area (Å²) in [6, 6.07) is 8.14. The molecule has 1 fully saturated rings. The Morgan fingerprint density at radius 3 is 2.79 bits per heavy atom. The Balaban J connectivity index is 2.21. The molecule has 4 heteroatoms. The van der Waals surface area contributed by atoms with Gasteiger partial charge in [-0.3, -0.25) is 4.79 Å². The normalized spacial score (nSPS) is 18.5. The number of ether oxygens (including phenoxy) is 2. The number of carbonyl (C=O) groups excluding carboxylic acids is 1. The lowest BCUT2D eigenvalue weighted by molar-refractivity contribution is -0.150. The molecule has 0 bridgehead atoms. The van der Waals surface area contributed by atoms with Crippen LogP contribution in [-0.2, 0) is 14.3 Å². The van der Waals surface area contributed by atoms with Crippen molar-refractivity contribution in [2.24, 2.45) is 5.41 Å². The molecule has 0 aliphatic carbocycles. The predicted octanol–water partition coefficient (Wildman–Crippen LogP) is 3.52. The van der Waals surface area contributed by atoms with Crippen molar-refractivity contribution in [2.75, 3.05) is 19.8 Å². The van der Waals surface area contributed by atoms with Crippen molar-refractivity contribution >= 4 is 21.9 Å². The molecule has 1 saturated heterocycles. The number of benzene rings is 1. The first-order valence-corrected chi connectivity index (χ1v) is 7.33. The summed E-state index contributed by atoms with van der Waals surface area (Å²) >= 11 is 3.49. The van der Waals surface area contributed by atoms with Crippen LogP contribution in [0.15, 0.2) is 28.7 Å². The lowest BCUT2D eigenvalue weighted by Gasteiger charge is -2.44. The highest BCUT2D eigenvalue weighted by Crippen LogP contribution is 2.44. The summed E-state index contributed by atoms with van der Waals surface area (Å²) in [6.07, 6.45) is 0.407. The maximum absolute atomic E-state index is 11.8. The number of esters is 1. The van der Waals surface area contributed by atoms with Crippen molar-refractivity contribution < 1.29 is 14.3 Å². The molecule has 19 heavy (non-hydrogen) atoms. The molecule has 1 aliphatic rings. The van der Waals surface area contributed by atoms with E-state index in [1.165, 1.54) is 0 Å². The maximum Gasteiger partial charge on any atom is 0.306 e. The highest BCUT2D eigenvalue weighted by Gasteiger charge is 2.43. The maximum atomic E-state index is 11.8. The predicted molar refractivity (Wildman–Crippen MR) is 77.1 cm³/mol. The van der Waals surface area contributed by atoms with Crippen LogP contribution in [0.3, 0.4) is 0 Å². The van der Waals surface area contributed by atoms with E-state index in [0.29, 0.717) is 26.2 Å². The number of halogens is 1. The second-order valence-electron chi connectivity index (χ2n) is 5.26. The Morgan fingerprint density at radius 1 is 1.53 bits per heavy atom. The lowest BCUT2D eigenvalue weighted by Crippen LogP contribution is -2.45. The zero-order chi connectivity index (χ0) is 13.9. The van der Waals surface area contributed by atoms with Gasteiger partial charge >= 0.3 is 5.97 Å². The average Bonchev–Trinajstić information content (AvgIpc) is 2.33. The van der Waals surface area contributed by atoms with E-state index in [4.69, 9.17) is 9.47 Å². The van der Waals surface area contributed by atoms with Crippen molar-refractivity contribution in [3.05, 3.63) is 34.3 Å². The van der Waals surface area contributed by atoms with Gasteiger partial charge in [-0.25, -0.2) is 0 Å². The van der Waals surface area contributed by atoms with Crippen LogP contribution in [0.1, 0.15) is 31.7 Å². The van der Waals surface area contributed by atoms with E-state index < -0.39 is 0 Å². The van der Waals surface area contributed by atoms with E-state index in [9.17, 15) is 4.79 Å². The van der Waals surface area contributed by atoms with E-state index in [0.717, 1.165) is 10.0 Å². The summed E-state index contributed by atoms with van der Waals surface area (Å²) in [5.41, 5.74) is 1.18. The van der Waals surface area contributed by atoms with Gasteiger partial charge in [0, 0.05) is 15.8 Å². The number of rotatable bonds is 5. The van der Waals surface area contributed by atoms with Gasteiger partial charge in [0.05, 0.1) is 26.2 Å². The molecule has 0 amide bonds. The van der Waals surface area contributed by atoms with E-state index in [1.807, 2.05) is 19.1 Å². The summed E-state index contributed by atoms with van der Waals surface area (Å²) in [5, 5.41) is 0. The van der Waals surface area contributed by atoms with Crippen LogP contribution in [0.5, 0.6) is 0 Å². The summed E-state index contributed by atoms with van der Waals surface area (Å²) in [5.74, 6) is -0.00148. The van der Waals surface area contributed by atoms with Gasteiger partial charge in [0.2, 0.25) is 0 Å². The number of hydrogen-bond acceptors (Lipinski definition) is 3. The number of carbonyl (C=O) groups is 1. The minimum absolute atomic E-state index is 0.0214. The Bertz CT molecular complexity index is 454. The molecule has 104 valence electrons. The van der Waals surface area contributed by atoms with Gasteiger partial charge in [-0.2, -0.15) is 0 Å². The van der Waals surface area contributed by atoms with Gasteiger partial charge in [0.1, 0.15) is 0 Å². The summed E-state index contributed by atoms with van der Waals surface area (Å²) < 4.78 is 11.5. The average molecular weight is 327 g/mol. The van der Waals surface area contributed by atoms with Crippen LogP contribution in [0, 0.1) is 5.41 Å². The second-order valence-corrected chi connectivity index (χ2v) is 6.18. The van der Waals surface area contributed by atoms with E-state index in [1.54, 1.807) is 0 Å². The Morgan fingerprint density at radius 2 is 2.26 bits per heavy atom. The molecule has 0 saturated carbocycles. The van der Waals surface area contributed by atoms with Gasteiger partial charge in [0.15, 0.2) is 0 Å². The van der Waals surface area contributed by atoms with Gasteiger partial charge in [-0.1, -0.05) is 35.0 Å². The highest BCUT2D eigenvalue weighted by molar-refractivity contribution is 9.10. The molecule has 1 aliphatic heterocycles. The van der Waals surface area contributed by atoms with Crippen molar-refractivity contribution in [1.29, 1.82) is 0 Å². The quantitative estimate of drug-likeness (QED) is 0.776. The molecule has 0 N–H and O–H groups in total. The number of hydrogen-bond donors (Lipinski definition) is 0. The van der Waals surface area contributed by atoms with Crippen molar-refractivity contribution in [2.45, 2.75) is 26.2 Å². The topological polar surface area (TPSA) is 35.5 Å². The fourth-order valence-corrected chi connectivity index (χ4v) is 2.92. The van der Waals surface area contributed by atoms with Crippen molar-refractivity contribution in [1.82, 2.24) is 0 Å². The first-order chi connectivity index (χ1) is 9.05. The Labute approximate surface area is 122 Å². The molecule has 0 spiro atoms. The van der Waals surface area contributed by atoms with Crippen LogP contribution in [0.2, 0.25) is 0 Å². The van der Waals surface area contributed by atoms with Gasteiger partial charge in [-0.15, -0.1) is 0 Å². The van der Waals surface area contributed by atoms with Crippen molar-refractivity contribution in [3.8, 4) is 0 Å². The Kier molecular flexibility index (Phi) is 4.63. The summed E-state index contributed by atoms with van der Waals surface area (Å²) in [4.78, 5) is 11.8. The van der Waals surface area contributed by atoms with Crippen LogP contribution in [0.4, 0.5) is 0 Å². The smallest absolute Gasteiger partial charge is 0.306 e. The SMILES string of the molecule is CCOC(=O)CC(c1cccc(Br)c1)C1(C)COC1. The zero-order valence-electron chi connectivity index (χ0n) is 11.3. The monoisotopic (exact) mass is 326 g/mol. The van der Waals surface area contributed by atoms with Crippen LogP contribution in [-0.4, -0.2) is 25.8 Å². The molecule has 1 aromatic rings. The fraction of sp³-hybridized carbons (Fsp3) is 0.533. The summed E-state index contributed by atoms with van der Waals surface area (Å²) in [6.45, 7) is 5.83. The Hall–Kier alpha value is -0.870. The minimum Gasteiger partial charge on any atom is -0.466 e. The molecular formula is C15H19BrO3. The van der Waals surface area contributed by atoms with Crippen LogP contribution in [0.25, 0.3) is 0 Å². The third kappa shape index (κ3) is 3.37. The van der Waals surface area contributed by atoms with Gasteiger partial charge in [-0.05, 0) is 24.6 Å². The molecule has 0 aromatic heterocycles. The zero-order valence-corrected chi connectivity index (χ0v) is 12.9. The lowest BCUT2D eigenvalue weighted by atomic mass is 9.70. The molecule has 1 atom stereocenters. The molecule has 2 rings (SSSR count). The van der Waals surface area contributed by atoms with E-state index in [-0.39, 0.29) is 17.3 Å². The minimum atomic E-state index is -0.138. The second kappa shape index (κ2) is 6.06. The third-order valence-electron chi connectivity index (χ3n) is 3.63. The molecule has 3 nitrogen and oxygen atoms in total. The highest BCUT2D eigenvalue weighted by atomic mass is 79.9. The van der Waals surface area contributed by atoms with Gasteiger partial charge < -0.3 is 9.47 Å². The fourth-order valence-electron chi connectivity index (χ4n) is 2.50. The third-order valence-corrected chi connectivity index (χ3v) is 4.13. The molecule has 1 aromatic carbocycles. The van der Waals surface area contributed by atoms with Crippen LogP contribution < -0.4 is 0 Å². The molecular weight excluding hydrogens is 308 g/mol. The van der Waals surface area contributed by atoms with Gasteiger partial charge in [0.25, 0.3) is 0 Å². The van der Waals surface area contributed by atoms with E-state index >= 15 is 0 Å². The molecule has 1 unspecified atom stereocenters. The standard InChI is InChI=1S/C15H19BrO3/c1-3-19-14(17)8-13(15(2)9-18-10-15)11-5-4-6-12(16)7-11/h4-7,13H,3,8-10H2,1-2H3. The molecule has 1 heterocycles. The first kappa shape index (κ1) is 14.5. The first-order valence-electron chi connectivity index (χ1n) is 6.54. The van der Waals surface area contributed by atoms with Crippen LogP contribution >= 0.6 is 15.9 Å². The van der Waals surface area contributed by atoms with E-state index in [2.05, 4.69) is 35.0 Å². The largest absolute Gasteiger partial charge is 0.466 e.